The number of ether oxygens (including phenoxy) is 1. The number of benzene rings is 3. The summed E-state index contributed by atoms with van der Waals surface area (Å²) in [4.78, 5) is 24.5. The van der Waals surface area contributed by atoms with Crippen LogP contribution in [0.4, 0.5) is 0 Å². The second-order valence-electron chi connectivity index (χ2n) is 5.79. The van der Waals surface area contributed by atoms with Gasteiger partial charge in [-0.15, -0.1) is 0 Å². The molecule has 3 aromatic carbocycles. The predicted octanol–water partition coefficient (Wildman–Crippen LogP) is 4.79. The minimum absolute atomic E-state index is 0.0811. The van der Waals surface area contributed by atoms with Gasteiger partial charge in [0.2, 0.25) is 0 Å². The zero-order valence-corrected chi connectivity index (χ0v) is 17.1. The normalized spacial score (nSPS) is 10.7. The Hall–Kier alpha value is -3.16. The molecular weight excluding hydrogens is 460 g/mol. The molecule has 1 amide bonds. The number of amides is 1. The Balaban J connectivity index is 1.75. The van der Waals surface area contributed by atoms with Gasteiger partial charge in [0.05, 0.1) is 17.3 Å². The maximum Gasteiger partial charge on any atom is 0.343 e. The first-order valence-corrected chi connectivity index (χ1v) is 9.50. The number of esters is 1. The number of phenolic OH excluding ortho intramolecular Hbond substituents is 1. The van der Waals surface area contributed by atoms with Gasteiger partial charge >= 0.3 is 5.97 Å². The molecule has 0 aromatic heterocycles. The number of halogens is 2. The van der Waals surface area contributed by atoms with Crippen molar-refractivity contribution in [1.82, 2.24) is 5.43 Å². The van der Waals surface area contributed by atoms with E-state index >= 15 is 0 Å². The zero-order valence-electron chi connectivity index (χ0n) is 14.8. The van der Waals surface area contributed by atoms with Gasteiger partial charge in [-0.1, -0.05) is 39.7 Å². The highest BCUT2D eigenvalue weighted by molar-refractivity contribution is 9.10. The van der Waals surface area contributed by atoms with Crippen molar-refractivity contribution in [1.29, 1.82) is 0 Å². The van der Waals surface area contributed by atoms with Crippen LogP contribution in [0.3, 0.4) is 0 Å². The quantitative estimate of drug-likeness (QED) is 0.241. The van der Waals surface area contributed by atoms with E-state index in [1.165, 1.54) is 24.4 Å². The fourth-order valence-electron chi connectivity index (χ4n) is 2.34. The highest BCUT2D eigenvalue weighted by Crippen LogP contribution is 2.23. The third-order valence-corrected chi connectivity index (χ3v) is 4.54. The highest BCUT2D eigenvalue weighted by atomic mass is 79.9. The van der Waals surface area contributed by atoms with Crippen LogP contribution in [0, 0.1) is 0 Å². The Bertz CT molecular complexity index is 1080. The van der Waals surface area contributed by atoms with E-state index in [4.69, 9.17) is 16.3 Å². The van der Waals surface area contributed by atoms with Crippen LogP contribution in [-0.2, 0) is 0 Å². The van der Waals surface area contributed by atoms with Crippen LogP contribution in [0.15, 0.2) is 76.3 Å². The molecule has 0 aliphatic heterocycles. The van der Waals surface area contributed by atoms with Crippen molar-refractivity contribution in [2.24, 2.45) is 5.10 Å². The fraction of sp³-hybridized carbons (Fsp3) is 0. The molecule has 2 N–H and O–H groups in total. The van der Waals surface area contributed by atoms with Gasteiger partial charge in [-0.2, -0.15) is 5.10 Å². The molecule has 0 bridgehead atoms. The molecule has 3 rings (SSSR count). The van der Waals surface area contributed by atoms with Gasteiger partial charge in [0, 0.05) is 15.1 Å². The average Bonchev–Trinajstić information content (AvgIpc) is 2.70. The number of hydrazone groups is 1. The van der Waals surface area contributed by atoms with Gasteiger partial charge in [-0.25, -0.2) is 10.2 Å². The third-order valence-electron chi connectivity index (χ3n) is 3.77. The molecule has 0 aliphatic rings. The smallest absolute Gasteiger partial charge is 0.343 e. The number of rotatable bonds is 5. The van der Waals surface area contributed by atoms with E-state index in [9.17, 15) is 14.7 Å². The summed E-state index contributed by atoms with van der Waals surface area (Å²) >= 11 is 9.33. The Kier molecular flexibility index (Phi) is 6.64. The highest BCUT2D eigenvalue weighted by Gasteiger charge is 2.12. The standard InChI is InChI=1S/C21H14BrClN2O4/c22-15-7-5-13(6-8-15)21(28)29-19-10-9-16(23)11-14(19)12-24-25-20(27)17-3-1-2-4-18(17)26/h1-12,26H,(H,25,27)/b24-12+. The maximum atomic E-state index is 12.4. The SMILES string of the molecule is O=C(Oc1ccc(Cl)cc1/C=N/NC(=O)c1ccccc1O)c1ccc(Br)cc1. The summed E-state index contributed by atoms with van der Waals surface area (Å²) in [6.07, 6.45) is 1.30. The van der Waals surface area contributed by atoms with Crippen LogP contribution in [-0.4, -0.2) is 23.2 Å². The molecular formula is C21H14BrClN2O4. The van der Waals surface area contributed by atoms with Gasteiger partial charge in [-0.3, -0.25) is 4.79 Å². The van der Waals surface area contributed by atoms with Crippen LogP contribution in [0.5, 0.6) is 11.5 Å². The number of carbonyl (C=O) groups is 2. The molecule has 0 saturated carbocycles. The van der Waals surface area contributed by atoms with Crippen molar-refractivity contribution in [3.63, 3.8) is 0 Å². The van der Waals surface area contributed by atoms with Crippen LogP contribution in [0.1, 0.15) is 26.3 Å². The topological polar surface area (TPSA) is 88.0 Å². The second kappa shape index (κ2) is 9.36. The third kappa shape index (κ3) is 5.43. The summed E-state index contributed by atoms with van der Waals surface area (Å²) in [5, 5.41) is 14.0. The molecule has 0 radical (unpaired) electrons. The van der Waals surface area contributed by atoms with E-state index in [1.807, 2.05) is 0 Å². The molecule has 0 aliphatic carbocycles. The zero-order chi connectivity index (χ0) is 20.8. The summed E-state index contributed by atoms with van der Waals surface area (Å²) < 4.78 is 6.27. The van der Waals surface area contributed by atoms with Crippen molar-refractivity contribution in [2.75, 3.05) is 0 Å². The number of carbonyl (C=O) groups excluding carboxylic acids is 2. The van der Waals surface area contributed by atoms with Crippen LogP contribution in [0.25, 0.3) is 0 Å². The summed E-state index contributed by atoms with van der Waals surface area (Å²) in [5.74, 6) is -1.07. The number of aromatic hydroxyl groups is 1. The first-order chi connectivity index (χ1) is 13.9. The van der Waals surface area contributed by atoms with Crippen molar-refractivity contribution >= 4 is 45.6 Å². The minimum atomic E-state index is -0.588. The lowest BCUT2D eigenvalue weighted by atomic mass is 10.2. The fourth-order valence-corrected chi connectivity index (χ4v) is 2.79. The largest absolute Gasteiger partial charge is 0.507 e. The van der Waals surface area contributed by atoms with E-state index in [0.29, 0.717) is 16.1 Å². The molecule has 0 saturated heterocycles. The number of nitrogens with one attached hydrogen (secondary N) is 1. The number of phenols is 1. The van der Waals surface area contributed by atoms with Gasteiger partial charge in [0.25, 0.3) is 5.91 Å². The van der Waals surface area contributed by atoms with Crippen LogP contribution < -0.4 is 10.2 Å². The Morgan fingerprint density at radius 1 is 1.07 bits per heavy atom. The minimum Gasteiger partial charge on any atom is -0.507 e. The van der Waals surface area contributed by atoms with Gasteiger partial charge in [0.1, 0.15) is 11.5 Å². The summed E-state index contributed by atoms with van der Waals surface area (Å²) in [5.41, 5.74) is 3.15. The molecule has 0 fully saturated rings. The van der Waals surface area contributed by atoms with E-state index in [0.717, 1.165) is 4.47 Å². The number of hydrogen-bond acceptors (Lipinski definition) is 5. The Labute approximate surface area is 179 Å². The molecule has 3 aromatic rings. The Morgan fingerprint density at radius 2 is 1.79 bits per heavy atom. The first-order valence-electron chi connectivity index (χ1n) is 8.33. The van der Waals surface area contributed by atoms with Crippen molar-refractivity contribution in [3.05, 3.63) is 92.9 Å². The van der Waals surface area contributed by atoms with Crippen LogP contribution >= 0.6 is 27.5 Å². The van der Waals surface area contributed by atoms with E-state index in [2.05, 4.69) is 26.5 Å². The van der Waals surface area contributed by atoms with Crippen molar-refractivity contribution in [2.45, 2.75) is 0 Å². The first kappa shape index (κ1) is 20.6. The van der Waals surface area contributed by atoms with Crippen LogP contribution in [0.2, 0.25) is 5.02 Å². The molecule has 0 spiro atoms. The molecule has 0 unspecified atom stereocenters. The number of hydrogen-bond donors (Lipinski definition) is 2. The summed E-state index contributed by atoms with van der Waals surface area (Å²) in [6, 6.07) is 17.5. The lowest BCUT2D eigenvalue weighted by molar-refractivity contribution is 0.0734. The molecule has 146 valence electrons. The number of nitrogens with zero attached hydrogens (tertiary/aromatic N) is 1. The average molecular weight is 474 g/mol. The van der Waals surface area contributed by atoms with Gasteiger partial charge in [-0.05, 0) is 54.6 Å². The Morgan fingerprint density at radius 3 is 2.52 bits per heavy atom. The molecule has 0 heterocycles. The summed E-state index contributed by atoms with van der Waals surface area (Å²) in [6.45, 7) is 0. The van der Waals surface area contributed by atoms with Crippen molar-refractivity contribution in [3.8, 4) is 11.5 Å². The molecule has 6 nitrogen and oxygen atoms in total. The maximum absolute atomic E-state index is 12.4. The monoisotopic (exact) mass is 472 g/mol. The molecule has 0 atom stereocenters. The van der Waals surface area contributed by atoms with E-state index in [1.54, 1.807) is 48.5 Å². The molecule has 29 heavy (non-hydrogen) atoms. The lowest BCUT2D eigenvalue weighted by Crippen LogP contribution is -2.17. The van der Waals surface area contributed by atoms with Crippen molar-refractivity contribution < 1.29 is 19.4 Å². The predicted molar refractivity (Wildman–Crippen MR) is 114 cm³/mol. The molecule has 8 heteroatoms. The summed E-state index contributed by atoms with van der Waals surface area (Å²) in [7, 11) is 0. The van der Waals surface area contributed by atoms with E-state index in [-0.39, 0.29) is 17.1 Å². The second-order valence-corrected chi connectivity index (χ2v) is 7.15. The van der Waals surface area contributed by atoms with Gasteiger partial charge in [0.15, 0.2) is 0 Å². The van der Waals surface area contributed by atoms with E-state index < -0.39 is 11.9 Å². The van der Waals surface area contributed by atoms with Gasteiger partial charge < -0.3 is 9.84 Å². The number of para-hydroxylation sites is 1. The lowest BCUT2D eigenvalue weighted by Gasteiger charge is -2.08.